The molecule has 0 bridgehead atoms. The van der Waals surface area contributed by atoms with Gasteiger partial charge < -0.3 is 5.73 Å². The average molecular weight is 243 g/mol. The summed E-state index contributed by atoms with van der Waals surface area (Å²) >= 11 is 1.83. The van der Waals surface area contributed by atoms with Gasteiger partial charge in [-0.25, -0.2) is 0 Å². The van der Waals surface area contributed by atoms with Crippen molar-refractivity contribution in [2.45, 2.75) is 24.7 Å². The van der Waals surface area contributed by atoms with Gasteiger partial charge in [-0.2, -0.15) is 0 Å². The van der Waals surface area contributed by atoms with E-state index in [1.165, 1.54) is 28.8 Å². The Morgan fingerprint density at radius 1 is 1.18 bits per heavy atom. The van der Waals surface area contributed by atoms with Crippen LogP contribution in [0.3, 0.4) is 0 Å². The molecule has 1 aromatic heterocycles. The quantitative estimate of drug-likeness (QED) is 0.875. The maximum absolute atomic E-state index is 5.89. The summed E-state index contributed by atoms with van der Waals surface area (Å²) in [5.41, 5.74) is 9.05. The highest BCUT2D eigenvalue weighted by molar-refractivity contribution is 7.09. The van der Waals surface area contributed by atoms with E-state index in [0.29, 0.717) is 5.41 Å². The molecule has 88 valence electrons. The fourth-order valence-corrected chi connectivity index (χ4v) is 3.13. The van der Waals surface area contributed by atoms with Crippen molar-refractivity contribution in [3.8, 4) is 0 Å². The Morgan fingerprint density at radius 3 is 2.71 bits per heavy atom. The first-order valence-corrected chi connectivity index (χ1v) is 7.02. The summed E-state index contributed by atoms with van der Waals surface area (Å²) in [4.78, 5) is 1.43. The number of nitrogens with two attached hydrogens (primary N) is 1. The van der Waals surface area contributed by atoms with E-state index in [2.05, 4.69) is 41.8 Å². The minimum Gasteiger partial charge on any atom is -0.330 e. The molecule has 0 saturated heterocycles. The third kappa shape index (κ3) is 2.15. The zero-order chi connectivity index (χ0) is 11.7. The van der Waals surface area contributed by atoms with E-state index in [1.807, 2.05) is 11.3 Å². The second-order valence-electron chi connectivity index (χ2n) is 4.94. The van der Waals surface area contributed by atoms with Crippen LogP contribution < -0.4 is 5.73 Å². The molecule has 0 amide bonds. The predicted octanol–water partition coefficient (Wildman–Crippen LogP) is 3.33. The van der Waals surface area contributed by atoms with Crippen molar-refractivity contribution in [1.29, 1.82) is 0 Å². The number of hydrogen-bond acceptors (Lipinski definition) is 2. The van der Waals surface area contributed by atoms with Gasteiger partial charge in [0, 0.05) is 23.3 Å². The van der Waals surface area contributed by atoms with Crippen LogP contribution in [0.4, 0.5) is 0 Å². The van der Waals surface area contributed by atoms with Crippen molar-refractivity contribution in [1.82, 2.24) is 0 Å². The van der Waals surface area contributed by atoms with Crippen LogP contribution in [-0.4, -0.2) is 6.54 Å². The molecule has 1 aliphatic rings. The first-order chi connectivity index (χ1) is 8.32. The van der Waals surface area contributed by atoms with Gasteiger partial charge in [0.2, 0.25) is 0 Å². The minimum atomic E-state index is 0.311. The Kier molecular flexibility index (Phi) is 2.77. The average Bonchev–Trinajstić information content (AvgIpc) is 3.02. The SMILES string of the molecule is NCC1(c2cccc(Cc3cccs3)c2)CC1. The summed E-state index contributed by atoms with van der Waals surface area (Å²) in [6.07, 6.45) is 3.56. The molecule has 0 radical (unpaired) electrons. The van der Waals surface area contributed by atoms with Gasteiger partial charge in [0.1, 0.15) is 0 Å². The third-order valence-corrected chi connectivity index (χ3v) is 4.62. The number of thiophene rings is 1. The molecular weight excluding hydrogens is 226 g/mol. The van der Waals surface area contributed by atoms with Crippen LogP contribution in [0.5, 0.6) is 0 Å². The lowest BCUT2D eigenvalue weighted by atomic mass is 9.94. The van der Waals surface area contributed by atoms with E-state index in [-0.39, 0.29) is 0 Å². The second-order valence-corrected chi connectivity index (χ2v) is 5.97. The normalized spacial score (nSPS) is 17.0. The molecule has 2 aromatic rings. The molecule has 1 nitrogen and oxygen atoms in total. The maximum Gasteiger partial charge on any atom is 0.00890 e. The standard InChI is InChI=1S/C15H17NS/c16-11-15(6-7-15)13-4-1-3-12(9-13)10-14-5-2-8-17-14/h1-5,8-9H,6-7,10-11,16H2. The highest BCUT2D eigenvalue weighted by Crippen LogP contribution is 2.47. The molecule has 0 aliphatic heterocycles. The topological polar surface area (TPSA) is 26.0 Å². The van der Waals surface area contributed by atoms with Crippen LogP contribution in [0.2, 0.25) is 0 Å². The zero-order valence-electron chi connectivity index (χ0n) is 9.86. The third-order valence-electron chi connectivity index (χ3n) is 3.74. The lowest BCUT2D eigenvalue weighted by Gasteiger charge is -2.13. The van der Waals surface area contributed by atoms with Crippen LogP contribution in [-0.2, 0) is 11.8 Å². The molecule has 0 unspecified atom stereocenters. The molecule has 1 aliphatic carbocycles. The van der Waals surface area contributed by atoms with Gasteiger partial charge in [0.05, 0.1) is 0 Å². The van der Waals surface area contributed by atoms with Gasteiger partial charge in [-0.15, -0.1) is 11.3 Å². The van der Waals surface area contributed by atoms with Gasteiger partial charge in [-0.3, -0.25) is 0 Å². The van der Waals surface area contributed by atoms with E-state index < -0.39 is 0 Å². The largest absolute Gasteiger partial charge is 0.330 e. The van der Waals surface area contributed by atoms with E-state index in [9.17, 15) is 0 Å². The maximum atomic E-state index is 5.89. The molecule has 0 spiro atoms. The Balaban J connectivity index is 1.84. The summed E-state index contributed by atoms with van der Waals surface area (Å²) in [7, 11) is 0. The van der Waals surface area contributed by atoms with Crippen molar-refractivity contribution in [3.05, 3.63) is 57.8 Å². The molecule has 0 atom stereocenters. The Hall–Kier alpha value is -1.12. The molecule has 1 fully saturated rings. The van der Waals surface area contributed by atoms with E-state index >= 15 is 0 Å². The first kappa shape index (κ1) is 11.0. The number of benzene rings is 1. The fourth-order valence-electron chi connectivity index (χ4n) is 2.39. The monoisotopic (exact) mass is 243 g/mol. The van der Waals surface area contributed by atoms with Gasteiger partial charge >= 0.3 is 0 Å². The fraction of sp³-hybridized carbons (Fsp3) is 0.333. The molecule has 2 heteroatoms. The van der Waals surface area contributed by atoms with Crippen molar-refractivity contribution in [2.24, 2.45) is 5.73 Å². The van der Waals surface area contributed by atoms with Crippen LogP contribution >= 0.6 is 11.3 Å². The molecule has 1 aromatic carbocycles. The van der Waals surface area contributed by atoms with Crippen molar-refractivity contribution in [2.75, 3.05) is 6.54 Å². The molecule has 17 heavy (non-hydrogen) atoms. The van der Waals surface area contributed by atoms with Crippen molar-refractivity contribution >= 4 is 11.3 Å². The Labute approximate surface area is 106 Å². The van der Waals surface area contributed by atoms with Gasteiger partial charge in [-0.1, -0.05) is 30.3 Å². The summed E-state index contributed by atoms with van der Waals surface area (Å²) in [6.45, 7) is 0.787. The molecule has 1 saturated carbocycles. The van der Waals surface area contributed by atoms with E-state index in [1.54, 1.807) is 0 Å². The summed E-state index contributed by atoms with van der Waals surface area (Å²) in [5, 5.41) is 2.14. The highest BCUT2D eigenvalue weighted by Gasteiger charge is 2.42. The van der Waals surface area contributed by atoms with Gasteiger partial charge in [-0.05, 0) is 35.4 Å². The van der Waals surface area contributed by atoms with Crippen LogP contribution in [0.1, 0.15) is 28.8 Å². The van der Waals surface area contributed by atoms with Crippen molar-refractivity contribution < 1.29 is 0 Å². The van der Waals surface area contributed by atoms with Crippen molar-refractivity contribution in [3.63, 3.8) is 0 Å². The van der Waals surface area contributed by atoms with Gasteiger partial charge in [0.25, 0.3) is 0 Å². The number of rotatable bonds is 4. The smallest absolute Gasteiger partial charge is 0.00890 e. The van der Waals surface area contributed by atoms with E-state index in [0.717, 1.165) is 13.0 Å². The molecule has 1 heterocycles. The first-order valence-electron chi connectivity index (χ1n) is 6.14. The van der Waals surface area contributed by atoms with Crippen LogP contribution in [0, 0.1) is 0 Å². The lowest BCUT2D eigenvalue weighted by molar-refractivity contribution is 0.703. The van der Waals surface area contributed by atoms with Crippen LogP contribution in [0.25, 0.3) is 0 Å². The molecule has 3 rings (SSSR count). The Bertz CT molecular complexity index is 497. The Morgan fingerprint density at radius 2 is 2.06 bits per heavy atom. The summed E-state index contributed by atoms with van der Waals surface area (Å²) < 4.78 is 0. The predicted molar refractivity (Wildman–Crippen MR) is 73.5 cm³/mol. The zero-order valence-corrected chi connectivity index (χ0v) is 10.7. The van der Waals surface area contributed by atoms with Crippen LogP contribution in [0.15, 0.2) is 41.8 Å². The highest BCUT2D eigenvalue weighted by atomic mass is 32.1. The molecular formula is C15H17NS. The van der Waals surface area contributed by atoms with E-state index in [4.69, 9.17) is 5.73 Å². The minimum absolute atomic E-state index is 0.311. The number of hydrogen-bond donors (Lipinski definition) is 1. The lowest BCUT2D eigenvalue weighted by Crippen LogP contribution is -2.19. The summed E-state index contributed by atoms with van der Waals surface area (Å²) in [6, 6.07) is 13.3. The second kappa shape index (κ2) is 4.28. The van der Waals surface area contributed by atoms with Gasteiger partial charge in [0.15, 0.2) is 0 Å². The molecule has 2 N–H and O–H groups in total. The summed E-state index contributed by atoms with van der Waals surface area (Å²) in [5.74, 6) is 0.